The van der Waals surface area contributed by atoms with Crippen molar-refractivity contribution >= 4 is 49.7 Å². The molecule has 15 heavy (non-hydrogen) atoms. The Hall–Kier alpha value is -0.130. The number of fused-ring (bicyclic) bond motifs is 5. The van der Waals surface area contributed by atoms with Gasteiger partial charge in [-0.3, -0.25) is 0 Å². The van der Waals surface area contributed by atoms with Crippen LogP contribution in [0.15, 0.2) is 34.8 Å². The van der Waals surface area contributed by atoms with Crippen molar-refractivity contribution in [1.82, 2.24) is 0 Å². The van der Waals surface area contributed by atoms with Gasteiger partial charge in [-0.15, -0.1) is 0 Å². The molecule has 1 saturated heterocycles. The lowest BCUT2D eigenvalue weighted by molar-refractivity contribution is 0.411. The zero-order chi connectivity index (χ0) is 10.2. The molecule has 1 aromatic carbocycles. The van der Waals surface area contributed by atoms with Crippen LogP contribution < -0.4 is 0 Å². The predicted molar refractivity (Wildman–Crippen MR) is 71.7 cm³/mol. The summed E-state index contributed by atoms with van der Waals surface area (Å²) in [6.07, 6.45) is 4.66. The summed E-state index contributed by atoms with van der Waals surface area (Å²) in [4.78, 5) is 0. The number of benzene rings is 1. The Balaban J connectivity index is 1.91. The van der Waals surface area contributed by atoms with Gasteiger partial charge in [0.1, 0.15) is 6.10 Å². The van der Waals surface area contributed by atoms with Crippen molar-refractivity contribution in [2.45, 2.75) is 9.71 Å². The normalized spacial score (nSPS) is 34.1. The van der Waals surface area contributed by atoms with Crippen LogP contribution in [-0.4, -0.2) is 9.71 Å². The second-order valence-corrected chi connectivity index (χ2v) is 6.65. The van der Waals surface area contributed by atoms with Gasteiger partial charge in [0, 0.05) is 10.0 Å². The monoisotopic (exact) mass is 372 g/mol. The maximum Gasteiger partial charge on any atom is 0.168 e. The van der Waals surface area contributed by atoms with Crippen LogP contribution in [0, 0.1) is 0 Å². The molecular formula is C12H6BrIO. The molecule has 0 radical (unpaired) electrons. The van der Waals surface area contributed by atoms with E-state index in [1.165, 1.54) is 22.3 Å². The zero-order valence-corrected chi connectivity index (χ0v) is 11.4. The second kappa shape index (κ2) is 2.57. The van der Waals surface area contributed by atoms with Crippen LogP contribution in [0.3, 0.4) is 0 Å². The zero-order valence-electron chi connectivity index (χ0n) is 7.63. The van der Waals surface area contributed by atoms with Crippen molar-refractivity contribution in [3.63, 3.8) is 0 Å². The van der Waals surface area contributed by atoms with Crippen molar-refractivity contribution in [3.8, 4) is 0 Å². The molecule has 74 valence electrons. The van der Waals surface area contributed by atoms with E-state index in [9.17, 15) is 0 Å². The number of hydrogen-bond donors (Lipinski definition) is 0. The molecule has 0 bridgehead atoms. The van der Waals surface area contributed by atoms with Crippen molar-refractivity contribution in [3.05, 3.63) is 46.0 Å². The lowest BCUT2D eigenvalue weighted by Crippen LogP contribution is -2.17. The van der Waals surface area contributed by atoms with Crippen LogP contribution >= 0.6 is 38.5 Å². The van der Waals surface area contributed by atoms with Gasteiger partial charge in [0.05, 0.1) is 0 Å². The topological polar surface area (TPSA) is 12.5 Å². The lowest BCUT2D eigenvalue weighted by Gasteiger charge is -2.28. The summed E-state index contributed by atoms with van der Waals surface area (Å²) in [6.45, 7) is 0. The molecule has 2 aliphatic carbocycles. The van der Waals surface area contributed by atoms with Crippen molar-refractivity contribution in [2.75, 3.05) is 0 Å². The Morgan fingerprint density at radius 1 is 1.33 bits per heavy atom. The molecule has 2 atom stereocenters. The predicted octanol–water partition coefficient (Wildman–Crippen LogP) is 3.77. The largest absolute Gasteiger partial charge is 0.345 e. The maximum atomic E-state index is 5.72. The number of hydrogen-bond acceptors (Lipinski definition) is 1. The van der Waals surface area contributed by atoms with E-state index >= 15 is 0 Å². The van der Waals surface area contributed by atoms with Crippen LogP contribution in [-0.2, 0) is 4.74 Å². The average molecular weight is 373 g/mol. The first-order chi connectivity index (χ1) is 7.19. The Kier molecular flexibility index (Phi) is 1.54. The molecule has 0 saturated carbocycles. The molecule has 3 aliphatic rings. The smallest absolute Gasteiger partial charge is 0.168 e. The number of halogens is 2. The number of ether oxygens (including phenoxy) is 1. The highest BCUT2D eigenvalue weighted by Gasteiger charge is 2.59. The van der Waals surface area contributed by atoms with Gasteiger partial charge in [0.15, 0.2) is 3.61 Å². The van der Waals surface area contributed by atoms with E-state index in [1.807, 2.05) is 0 Å². The highest BCUT2D eigenvalue weighted by Crippen LogP contribution is 2.60. The number of epoxide rings is 1. The number of rotatable bonds is 0. The van der Waals surface area contributed by atoms with E-state index in [0.717, 1.165) is 4.47 Å². The van der Waals surface area contributed by atoms with E-state index in [-0.39, 0.29) is 3.61 Å². The fourth-order valence-electron chi connectivity index (χ4n) is 2.39. The van der Waals surface area contributed by atoms with E-state index in [4.69, 9.17) is 4.74 Å². The average Bonchev–Trinajstić information content (AvgIpc) is 2.84. The Labute approximate surface area is 109 Å². The molecule has 3 heteroatoms. The highest BCUT2D eigenvalue weighted by molar-refractivity contribution is 14.1. The molecule has 0 amide bonds. The van der Waals surface area contributed by atoms with Gasteiger partial charge in [-0.05, 0) is 57.5 Å². The van der Waals surface area contributed by atoms with Crippen LogP contribution in [0.4, 0.5) is 0 Å². The molecule has 4 rings (SSSR count). The standard InChI is InChI=1S/C12H6BrIO/c13-6-1-2-7-9(5-6)8-3-4-12(14)11(15-12)10(7)8/h1-5,11H. The molecule has 0 spiro atoms. The number of alkyl halides is 1. The van der Waals surface area contributed by atoms with Crippen molar-refractivity contribution in [2.24, 2.45) is 0 Å². The van der Waals surface area contributed by atoms with Crippen molar-refractivity contribution in [1.29, 1.82) is 0 Å². The molecular weight excluding hydrogens is 367 g/mol. The van der Waals surface area contributed by atoms with Gasteiger partial charge in [-0.1, -0.05) is 28.1 Å². The Bertz CT molecular complexity index is 561. The minimum atomic E-state index is -0.0403. The summed E-state index contributed by atoms with van der Waals surface area (Å²) in [5.41, 5.74) is 5.47. The first kappa shape index (κ1) is 8.96. The van der Waals surface area contributed by atoms with Crippen LogP contribution in [0.5, 0.6) is 0 Å². The van der Waals surface area contributed by atoms with Gasteiger partial charge in [0.25, 0.3) is 0 Å². The summed E-state index contributed by atoms with van der Waals surface area (Å²) >= 11 is 5.88. The Morgan fingerprint density at radius 3 is 3.07 bits per heavy atom. The Morgan fingerprint density at radius 2 is 2.20 bits per heavy atom. The summed E-state index contributed by atoms with van der Waals surface area (Å²) in [7, 11) is 0. The first-order valence-corrected chi connectivity index (χ1v) is 6.67. The molecule has 2 unspecified atom stereocenters. The van der Waals surface area contributed by atoms with Crippen LogP contribution in [0.2, 0.25) is 0 Å². The number of allylic oxidation sites excluding steroid dienone is 2. The quantitative estimate of drug-likeness (QED) is 0.383. The first-order valence-electron chi connectivity index (χ1n) is 4.79. The van der Waals surface area contributed by atoms with Gasteiger partial charge < -0.3 is 4.74 Å². The molecule has 1 aliphatic heterocycles. The molecule has 1 nitrogen and oxygen atoms in total. The minimum absolute atomic E-state index is 0.0403. The second-order valence-electron chi connectivity index (χ2n) is 4.05. The lowest BCUT2D eigenvalue weighted by atomic mass is 9.76. The third-order valence-electron chi connectivity index (χ3n) is 3.19. The maximum absolute atomic E-state index is 5.72. The minimum Gasteiger partial charge on any atom is -0.345 e. The summed E-state index contributed by atoms with van der Waals surface area (Å²) < 4.78 is 6.82. The van der Waals surface area contributed by atoms with Gasteiger partial charge in [-0.25, -0.2) is 0 Å². The summed E-state index contributed by atoms with van der Waals surface area (Å²) in [5.74, 6) is 0. The van der Waals surface area contributed by atoms with Gasteiger partial charge in [0.2, 0.25) is 0 Å². The third kappa shape index (κ3) is 1.02. The van der Waals surface area contributed by atoms with Crippen LogP contribution in [0.25, 0.3) is 11.1 Å². The molecule has 0 N–H and O–H groups in total. The van der Waals surface area contributed by atoms with Crippen LogP contribution in [0.1, 0.15) is 11.1 Å². The summed E-state index contributed by atoms with van der Waals surface area (Å²) in [5, 5.41) is 0. The molecule has 0 aromatic heterocycles. The molecule has 1 aromatic rings. The fraction of sp³-hybridized carbons (Fsp3) is 0.167. The van der Waals surface area contributed by atoms with E-state index < -0.39 is 0 Å². The van der Waals surface area contributed by atoms with Crippen molar-refractivity contribution < 1.29 is 4.74 Å². The SMILES string of the molecule is Brc1ccc2c(c1)C1=C2C2OC2(I)C=C1. The molecule has 1 heterocycles. The van der Waals surface area contributed by atoms with E-state index in [2.05, 4.69) is 68.9 Å². The van der Waals surface area contributed by atoms with Gasteiger partial charge >= 0.3 is 0 Å². The molecule has 1 fully saturated rings. The third-order valence-corrected chi connectivity index (χ3v) is 4.86. The summed E-state index contributed by atoms with van der Waals surface area (Å²) in [6, 6.07) is 6.45. The van der Waals surface area contributed by atoms with Gasteiger partial charge in [-0.2, -0.15) is 0 Å². The van der Waals surface area contributed by atoms with E-state index in [0.29, 0.717) is 6.10 Å². The highest BCUT2D eigenvalue weighted by atomic mass is 127. The fourth-order valence-corrected chi connectivity index (χ4v) is 3.50. The van der Waals surface area contributed by atoms with E-state index in [1.54, 1.807) is 0 Å².